The summed E-state index contributed by atoms with van der Waals surface area (Å²) in [5.41, 5.74) is 0. The molecule has 0 heterocycles. The van der Waals surface area contributed by atoms with Gasteiger partial charge in [0.2, 0.25) is 5.91 Å². The fourth-order valence-electron chi connectivity index (χ4n) is 3.75. The molecule has 1 amide bonds. The number of aliphatic hydroxyl groups is 2. The molecule has 0 saturated heterocycles. The summed E-state index contributed by atoms with van der Waals surface area (Å²) in [7, 11) is 0. The van der Waals surface area contributed by atoms with Crippen LogP contribution in [-0.2, 0) is 4.79 Å². The number of carbonyl (C=O) groups is 1. The molecule has 0 saturated carbocycles. The minimum absolute atomic E-state index is 0.0905. The molecular weight excluding hydrogens is 434 g/mol. The predicted octanol–water partition coefficient (Wildman–Crippen LogP) is 7.72. The van der Waals surface area contributed by atoms with Gasteiger partial charge in [-0.3, -0.25) is 4.79 Å². The molecule has 0 aromatic rings. The van der Waals surface area contributed by atoms with Crippen LogP contribution < -0.4 is 5.32 Å². The Bertz CT molecular complexity index is 580. The first-order chi connectivity index (χ1) is 17.2. The molecular formula is C31H55NO3. The van der Waals surface area contributed by atoms with Crippen LogP contribution in [0.4, 0.5) is 0 Å². The van der Waals surface area contributed by atoms with E-state index in [9.17, 15) is 15.0 Å². The first kappa shape index (κ1) is 33.4. The molecule has 202 valence electrons. The molecule has 2 atom stereocenters. The molecule has 0 aromatic carbocycles. The van der Waals surface area contributed by atoms with E-state index in [1.807, 2.05) is 6.08 Å². The van der Waals surface area contributed by atoms with Crippen molar-refractivity contribution in [2.45, 2.75) is 135 Å². The van der Waals surface area contributed by atoms with Gasteiger partial charge in [0, 0.05) is 6.42 Å². The van der Waals surface area contributed by atoms with Crippen LogP contribution in [0.25, 0.3) is 0 Å². The normalized spacial score (nSPS) is 14.1. The van der Waals surface area contributed by atoms with E-state index < -0.39 is 12.1 Å². The van der Waals surface area contributed by atoms with Gasteiger partial charge < -0.3 is 15.5 Å². The molecule has 0 aliphatic carbocycles. The van der Waals surface area contributed by atoms with Crippen molar-refractivity contribution in [1.82, 2.24) is 5.32 Å². The summed E-state index contributed by atoms with van der Waals surface area (Å²) >= 11 is 0. The van der Waals surface area contributed by atoms with E-state index >= 15 is 0 Å². The van der Waals surface area contributed by atoms with E-state index in [0.29, 0.717) is 6.42 Å². The highest BCUT2D eigenvalue weighted by Crippen LogP contribution is 2.10. The number of aliphatic hydroxyl groups excluding tert-OH is 2. The second kappa shape index (κ2) is 26.9. The number of hydrogen-bond acceptors (Lipinski definition) is 3. The van der Waals surface area contributed by atoms with E-state index in [4.69, 9.17) is 0 Å². The van der Waals surface area contributed by atoms with Gasteiger partial charge in [0.25, 0.3) is 0 Å². The average molecular weight is 490 g/mol. The molecule has 0 radical (unpaired) electrons. The van der Waals surface area contributed by atoms with Crippen LogP contribution in [0.2, 0.25) is 0 Å². The first-order valence-electron chi connectivity index (χ1n) is 14.4. The number of carbonyl (C=O) groups excluding carboxylic acids is 1. The molecule has 0 aliphatic rings. The van der Waals surface area contributed by atoms with Gasteiger partial charge in [0.05, 0.1) is 18.8 Å². The predicted molar refractivity (Wildman–Crippen MR) is 151 cm³/mol. The zero-order valence-electron chi connectivity index (χ0n) is 22.8. The molecule has 4 nitrogen and oxygen atoms in total. The minimum atomic E-state index is -0.840. The van der Waals surface area contributed by atoms with Gasteiger partial charge in [-0.2, -0.15) is 0 Å². The Morgan fingerprint density at radius 2 is 1.20 bits per heavy atom. The molecule has 0 spiro atoms. The lowest BCUT2D eigenvalue weighted by Crippen LogP contribution is -2.45. The maximum Gasteiger partial charge on any atom is 0.220 e. The van der Waals surface area contributed by atoms with Crippen LogP contribution in [0.5, 0.6) is 0 Å². The molecule has 0 rings (SSSR count). The van der Waals surface area contributed by atoms with Crippen LogP contribution in [0.1, 0.15) is 123 Å². The number of amides is 1. The number of hydrogen-bond donors (Lipinski definition) is 3. The topological polar surface area (TPSA) is 69.6 Å². The second-order valence-corrected chi connectivity index (χ2v) is 9.46. The Labute approximate surface area is 216 Å². The van der Waals surface area contributed by atoms with Crippen LogP contribution in [-0.4, -0.2) is 34.9 Å². The second-order valence-electron chi connectivity index (χ2n) is 9.46. The summed E-state index contributed by atoms with van der Waals surface area (Å²) in [5, 5.41) is 22.3. The smallest absolute Gasteiger partial charge is 0.220 e. The van der Waals surface area contributed by atoms with Crippen molar-refractivity contribution in [2.24, 2.45) is 0 Å². The van der Waals surface area contributed by atoms with Gasteiger partial charge in [-0.25, -0.2) is 0 Å². The Balaban J connectivity index is 3.62. The van der Waals surface area contributed by atoms with E-state index in [2.05, 4.69) is 55.6 Å². The van der Waals surface area contributed by atoms with Crippen molar-refractivity contribution in [3.05, 3.63) is 48.6 Å². The van der Waals surface area contributed by atoms with Gasteiger partial charge in [-0.15, -0.1) is 0 Å². The van der Waals surface area contributed by atoms with Crippen LogP contribution in [0.3, 0.4) is 0 Å². The van der Waals surface area contributed by atoms with E-state index in [-0.39, 0.29) is 12.5 Å². The van der Waals surface area contributed by atoms with Crippen molar-refractivity contribution in [2.75, 3.05) is 6.61 Å². The van der Waals surface area contributed by atoms with Gasteiger partial charge in [0.15, 0.2) is 0 Å². The molecule has 35 heavy (non-hydrogen) atoms. The molecule has 0 fully saturated rings. The lowest BCUT2D eigenvalue weighted by atomic mass is 10.1. The third-order valence-corrected chi connectivity index (χ3v) is 6.06. The van der Waals surface area contributed by atoms with Crippen LogP contribution in [0.15, 0.2) is 48.6 Å². The largest absolute Gasteiger partial charge is 0.394 e. The molecule has 0 aromatic heterocycles. The summed E-state index contributed by atoms with van der Waals surface area (Å²) in [6.07, 6.45) is 35.0. The maximum absolute atomic E-state index is 12.1. The van der Waals surface area contributed by atoms with Gasteiger partial charge in [-0.05, 0) is 51.4 Å². The van der Waals surface area contributed by atoms with Gasteiger partial charge in [0.1, 0.15) is 0 Å². The summed E-state index contributed by atoms with van der Waals surface area (Å²) in [6.45, 7) is 4.10. The fraction of sp³-hybridized carbons (Fsp3) is 0.710. The SMILES string of the molecule is CCCC/C=C/C(O)C(CO)NC(=O)CCCCCCCC/C=C\C/C=C\C/C=C\CCCCC. The Morgan fingerprint density at radius 3 is 1.80 bits per heavy atom. The molecule has 0 bridgehead atoms. The van der Waals surface area contributed by atoms with Crippen molar-refractivity contribution < 1.29 is 15.0 Å². The van der Waals surface area contributed by atoms with Gasteiger partial charge in [-0.1, -0.05) is 114 Å². The van der Waals surface area contributed by atoms with Crippen molar-refractivity contribution in [1.29, 1.82) is 0 Å². The zero-order chi connectivity index (χ0) is 25.8. The highest BCUT2D eigenvalue weighted by atomic mass is 16.3. The van der Waals surface area contributed by atoms with Crippen molar-refractivity contribution in [3.8, 4) is 0 Å². The lowest BCUT2D eigenvalue weighted by Gasteiger charge is -2.19. The van der Waals surface area contributed by atoms with Crippen LogP contribution >= 0.6 is 0 Å². The van der Waals surface area contributed by atoms with E-state index in [0.717, 1.165) is 57.8 Å². The summed E-state index contributed by atoms with van der Waals surface area (Å²) in [6, 6.07) is -0.624. The number of allylic oxidation sites excluding steroid dienone is 7. The summed E-state index contributed by atoms with van der Waals surface area (Å²) in [4.78, 5) is 12.1. The lowest BCUT2D eigenvalue weighted by molar-refractivity contribution is -0.123. The number of unbranched alkanes of at least 4 members (excludes halogenated alkanes) is 11. The monoisotopic (exact) mass is 489 g/mol. The van der Waals surface area contributed by atoms with Crippen LogP contribution in [0, 0.1) is 0 Å². The number of nitrogens with one attached hydrogen (secondary N) is 1. The third-order valence-electron chi connectivity index (χ3n) is 6.06. The third kappa shape index (κ3) is 23.8. The maximum atomic E-state index is 12.1. The quantitative estimate of drug-likeness (QED) is 0.0960. The summed E-state index contributed by atoms with van der Waals surface area (Å²) in [5.74, 6) is -0.0905. The Morgan fingerprint density at radius 1 is 0.686 bits per heavy atom. The molecule has 0 aliphatic heterocycles. The average Bonchev–Trinajstić information content (AvgIpc) is 2.86. The Hall–Kier alpha value is -1.65. The zero-order valence-corrected chi connectivity index (χ0v) is 22.8. The highest BCUT2D eigenvalue weighted by Gasteiger charge is 2.17. The first-order valence-corrected chi connectivity index (χ1v) is 14.4. The number of rotatable bonds is 24. The Kier molecular flexibility index (Phi) is 25.7. The van der Waals surface area contributed by atoms with Crippen molar-refractivity contribution >= 4 is 5.91 Å². The van der Waals surface area contributed by atoms with Crippen molar-refractivity contribution in [3.63, 3.8) is 0 Å². The van der Waals surface area contributed by atoms with E-state index in [1.54, 1.807) is 6.08 Å². The standard InChI is InChI=1S/C31H55NO3/c1-3-5-7-9-10-11-12-13-14-15-16-17-18-19-20-21-22-23-25-27-31(35)32-29(28-33)30(34)26-24-8-6-4-2/h10-11,13-14,16-17,24,26,29-30,33-34H,3-9,12,15,18-23,25,27-28H2,1-2H3,(H,32,35)/b11-10-,14-13-,17-16-,26-24+. The molecule has 3 N–H and O–H groups in total. The highest BCUT2D eigenvalue weighted by molar-refractivity contribution is 5.76. The molecule has 4 heteroatoms. The molecule has 2 unspecified atom stereocenters. The summed E-state index contributed by atoms with van der Waals surface area (Å²) < 4.78 is 0. The minimum Gasteiger partial charge on any atom is -0.394 e. The fourth-order valence-corrected chi connectivity index (χ4v) is 3.75. The van der Waals surface area contributed by atoms with E-state index in [1.165, 1.54) is 44.9 Å². The van der Waals surface area contributed by atoms with Gasteiger partial charge >= 0.3 is 0 Å².